The largest absolute Gasteiger partial charge is 0.366 e. The van der Waals surface area contributed by atoms with Gasteiger partial charge in [-0.3, -0.25) is 14.6 Å². The fourth-order valence-electron chi connectivity index (χ4n) is 2.97. The predicted octanol–water partition coefficient (Wildman–Crippen LogP) is 3.59. The molecule has 0 bridgehead atoms. The number of primary amides is 1. The molecule has 0 fully saturated rings. The average Bonchev–Trinajstić information content (AvgIpc) is 2.74. The highest BCUT2D eigenvalue weighted by molar-refractivity contribution is 5.97. The van der Waals surface area contributed by atoms with Crippen LogP contribution in [0, 0.1) is 0 Å². The zero-order chi connectivity index (χ0) is 19.9. The molecule has 1 heterocycles. The molecule has 0 atom stereocenters. The first-order valence-corrected chi connectivity index (χ1v) is 9.22. The summed E-state index contributed by atoms with van der Waals surface area (Å²) in [6.07, 6.45) is 4.45. The maximum atomic E-state index is 13.1. The van der Waals surface area contributed by atoms with Gasteiger partial charge < -0.3 is 10.6 Å². The Morgan fingerprint density at radius 2 is 1.46 bits per heavy atom. The van der Waals surface area contributed by atoms with Crippen molar-refractivity contribution in [2.45, 2.75) is 26.4 Å². The second kappa shape index (κ2) is 8.95. The standard InChI is InChI=1S/C23H23N3O2/c1-2-17-5-7-18(8-6-17)15-26(16-19-4-3-13-25-14-19)23(28)21-11-9-20(10-12-21)22(24)27/h3-14H,2,15-16H2,1H3,(H2,24,27). The summed E-state index contributed by atoms with van der Waals surface area (Å²) in [5, 5.41) is 0. The molecule has 2 N–H and O–H groups in total. The summed E-state index contributed by atoms with van der Waals surface area (Å²) in [5.74, 6) is -0.623. The van der Waals surface area contributed by atoms with Crippen LogP contribution < -0.4 is 5.73 Å². The van der Waals surface area contributed by atoms with Crippen molar-refractivity contribution in [3.05, 3.63) is 101 Å². The molecule has 0 radical (unpaired) electrons. The number of rotatable bonds is 7. The van der Waals surface area contributed by atoms with Gasteiger partial charge in [-0.15, -0.1) is 0 Å². The fourth-order valence-corrected chi connectivity index (χ4v) is 2.97. The molecule has 142 valence electrons. The van der Waals surface area contributed by atoms with Crippen molar-refractivity contribution >= 4 is 11.8 Å². The Balaban J connectivity index is 1.85. The highest BCUT2D eigenvalue weighted by Crippen LogP contribution is 2.15. The molecule has 0 aliphatic rings. The summed E-state index contributed by atoms with van der Waals surface area (Å²) in [6.45, 7) is 3.04. The second-order valence-electron chi connectivity index (χ2n) is 6.63. The van der Waals surface area contributed by atoms with E-state index in [0.717, 1.165) is 17.5 Å². The molecular weight excluding hydrogens is 350 g/mol. The summed E-state index contributed by atoms with van der Waals surface area (Å²) in [4.78, 5) is 30.3. The van der Waals surface area contributed by atoms with Crippen LogP contribution in [0.25, 0.3) is 0 Å². The Morgan fingerprint density at radius 1 is 0.857 bits per heavy atom. The number of benzene rings is 2. The highest BCUT2D eigenvalue weighted by atomic mass is 16.2. The molecule has 1 aromatic heterocycles. The molecule has 0 spiro atoms. The van der Waals surface area contributed by atoms with E-state index in [2.05, 4.69) is 36.2 Å². The Labute approximate surface area is 164 Å². The quantitative estimate of drug-likeness (QED) is 0.688. The van der Waals surface area contributed by atoms with Gasteiger partial charge >= 0.3 is 0 Å². The molecule has 3 rings (SSSR count). The number of nitrogens with two attached hydrogens (primary N) is 1. The first-order chi connectivity index (χ1) is 13.6. The molecular formula is C23H23N3O2. The Morgan fingerprint density at radius 3 is 2.04 bits per heavy atom. The smallest absolute Gasteiger partial charge is 0.254 e. The summed E-state index contributed by atoms with van der Waals surface area (Å²) < 4.78 is 0. The number of amides is 2. The van der Waals surface area contributed by atoms with Crippen molar-refractivity contribution < 1.29 is 9.59 Å². The average molecular weight is 373 g/mol. The summed E-state index contributed by atoms with van der Waals surface area (Å²) >= 11 is 0. The number of nitrogens with zero attached hydrogens (tertiary/aromatic N) is 2. The molecule has 0 aliphatic heterocycles. The van der Waals surface area contributed by atoms with Crippen LogP contribution in [0.5, 0.6) is 0 Å². The lowest BCUT2D eigenvalue weighted by atomic mass is 10.1. The van der Waals surface area contributed by atoms with Crippen LogP contribution in [-0.2, 0) is 19.5 Å². The van der Waals surface area contributed by atoms with Crippen LogP contribution in [0.3, 0.4) is 0 Å². The van der Waals surface area contributed by atoms with Crippen LogP contribution in [0.15, 0.2) is 73.1 Å². The first kappa shape index (κ1) is 19.3. The lowest BCUT2D eigenvalue weighted by Crippen LogP contribution is -2.30. The monoisotopic (exact) mass is 373 g/mol. The van der Waals surface area contributed by atoms with Crippen molar-refractivity contribution in [1.82, 2.24) is 9.88 Å². The van der Waals surface area contributed by atoms with E-state index in [1.165, 1.54) is 5.56 Å². The fraction of sp³-hybridized carbons (Fsp3) is 0.174. The lowest BCUT2D eigenvalue weighted by Gasteiger charge is -2.23. The molecule has 5 heteroatoms. The van der Waals surface area contributed by atoms with E-state index in [9.17, 15) is 9.59 Å². The van der Waals surface area contributed by atoms with Crippen molar-refractivity contribution in [3.63, 3.8) is 0 Å². The number of hydrogen-bond acceptors (Lipinski definition) is 3. The SMILES string of the molecule is CCc1ccc(CN(Cc2cccnc2)C(=O)c2ccc(C(N)=O)cc2)cc1. The highest BCUT2D eigenvalue weighted by Gasteiger charge is 2.17. The summed E-state index contributed by atoms with van der Waals surface area (Å²) in [6, 6.07) is 18.5. The molecule has 2 amide bonds. The summed E-state index contributed by atoms with van der Waals surface area (Å²) in [7, 11) is 0. The lowest BCUT2D eigenvalue weighted by molar-refractivity contribution is 0.0729. The topological polar surface area (TPSA) is 76.3 Å². The van der Waals surface area contributed by atoms with Crippen molar-refractivity contribution in [2.24, 2.45) is 5.73 Å². The van der Waals surface area contributed by atoms with Crippen molar-refractivity contribution in [2.75, 3.05) is 0 Å². The third-order valence-electron chi connectivity index (χ3n) is 4.60. The van der Waals surface area contributed by atoms with Gasteiger partial charge in [0, 0.05) is 36.6 Å². The minimum absolute atomic E-state index is 0.112. The van der Waals surface area contributed by atoms with Crippen molar-refractivity contribution in [3.8, 4) is 0 Å². The minimum atomic E-state index is -0.512. The van der Waals surface area contributed by atoms with Gasteiger partial charge in [0.25, 0.3) is 5.91 Å². The van der Waals surface area contributed by atoms with Gasteiger partial charge in [0.2, 0.25) is 5.91 Å². The van der Waals surface area contributed by atoms with Crippen LogP contribution in [0.1, 0.15) is 44.3 Å². The van der Waals surface area contributed by atoms with Crippen LogP contribution in [-0.4, -0.2) is 21.7 Å². The van der Waals surface area contributed by atoms with E-state index >= 15 is 0 Å². The number of aromatic nitrogens is 1. The second-order valence-corrected chi connectivity index (χ2v) is 6.63. The maximum Gasteiger partial charge on any atom is 0.254 e. The maximum absolute atomic E-state index is 13.1. The van der Waals surface area contributed by atoms with Gasteiger partial charge in [-0.1, -0.05) is 37.3 Å². The van der Waals surface area contributed by atoms with Gasteiger partial charge in [-0.05, 0) is 53.4 Å². The van der Waals surface area contributed by atoms with Crippen LogP contribution in [0.2, 0.25) is 0 Å². The van der Waals surface area contributed by atoms with Gasteiger partial charge in [0.15, 0.2) is 0 Å². The van der Waals surface area contributed by atoms with E-state index in [0.29, 0.717) is 24.2 Å². The van der Waals surface area contributed by atoms with E-state index < -0.39 is 5.91 Å². The molecule has 5 nitrogen and oxygen atoms in total. The van der Waals surface area contributed by atoms with Crippen LogP contribution >= 0.6 is 0 Å². The molecule has 0 saturated carbocycles. The number of carbonyl (C=O) groups is 2. The summed E-state index contributed by atoms with van der Waals surface area (Å²) in [5.41, 5.74) is 9.45. The Kier molecular flexibility index (Phi) is 6.17. The first-order valence-electron chi connectivity index (χ1n) is 9.22. The van der Waals surface area contributed by atoms with Gasteiger partial charge in [0.05, 0.1) is 0 Å². The number of aryl methyl sites for hydroxylation is 1. The third-order valence-corrected chi connectivity index (χ3v) is 4.60. The van der Waals surface area contributed by atoms with Gasteiger partial charge in [-0.25, -0.2) is 0 Å². The van der Waals surface area contributed by atoms with E-state index in [1.54, 1.807) is 41.6 Å². The van der Waals surface area contributed by atoms with E-state index in [-0.39, 0.29) is 5.91 Å². The number of pyridine rings is 1. The van der Waals surface area contributed by atoms with Gasteiger partial charge in [-0.2, -0.15) is 0 Å². The van der Waals surface area contributed by atoms with Crippen molar-refractivity contribution in [1.29, 1.82) is 0 Å². The van der Waals surface area contributed by atoms with E-state index in [1.807, 2.05) is 12.1 Å². The zero-order valence-corrected chi connectivity index (χ0v) is 15.8. The normalized spacial score (nSPS) is 10.5. The molecule has 0 saturated heterocycles. The molecule has 3 aromatic rings. The molecule has 2 aromatic carbocycles. The Bertz CT molecular complexity index is 936. The Hall–Kier alpha value is -3.47. The predicted molar refractivity (Wildman–Crippen MR) is 109 cm³/mol. The molecule has 28 heavy (non-hydrogen) atoms. The minimum Gasteiger partial charge on any atom is -0.366 e. The number of hydrogen-bond donors (Lipinski definition) is 1. The van der Waals surface area contributed by atoms with Gasteiger partial charge in [0.1, 0.15) is 0 Å². The number of carbonyl (C=O) groups excluding carboxylic acids is 2. The third kappa shape index (κ3) is 4.82. The zero-order valence-electron chi connectivity index (χ0n) is 15.8. The molecule has 0 aliphatic carbocycles. The van der Waals surface area contributed by atoms with Crippen LogP contribution in [0.4, 0.5) is 0 Å². The van der Waals surface area contributed by atoms with E-state index in [4.69, 9.17) is 5.73 Å². The molecule has 0 unspecified atom stereocenters.